The van der Waals surface area contributed by atoms with Crippen molar-refractivity contribution in [1.29, 1.82) is 0 Å². The Morgan fingerprint density at radius 1 is 1.21 bits per heavy atom. The zero-order chi connectivity index (χ0) is 16.4. The van der Waals surface area contributed by atoms with Crippen LogP contribution in [-0.4, -0.2) is 46.0 Å². The van der Waals surface area contributed by atoms with Crippen molar-refractivity contribution in [2.45, 2.75) is 44.4 Å². The molecule has 0 bridgehead atoms. The summed E-state index contributed by atoms with van der Waals surface area (Å²) in [4.78, 5) is 1.45. The van der Waals surface area contributed by atoms with Gasteiger partial charge in [0.05, 0.1) is 25.7 Å². The van der Waals surface area contributed by atoms with Crippen molar-refractivity contribution < 1.29 is 14.0 Å². The molecule has 2 aliphatic heterocycles. The Balaban J connectivity index is 1.65. The topological polar surface area (TPSA) is 57.3 Å². The molecule has 1 aromatic carbocycles. The number of tetrazole rings is 1. The molecule has 2 aliphatic rings. The fourth-order valence-electron chi connectivity index (χ4n) is 3.87. The van der Waals surface area contributed by atoms with Crippen LogP contribution in [0, 0.1) is 5.82 Å². The molecule has 6 nitrogen and oxygen atoms in total. The summed E-state index contributed by atoms with van der Waals surface area (Å²) in [6.45, 7) is 3.69. The molecule has 1 N–H and O–H groups in total. The van der Waals surface area contributed by atoms with E-state index in [1.54, 1.807) is 0 Å². The Morgan fingerprint density at radius 2 is 2.00 bits per heavy atom. The highest BCUT2D eigenvalue weighted by Gasteiger charge is 2.34. The van der Waals surface area contributed by atoms with Crippen molar-refractivity contribution >= 4 is 0 Å². The van der Waals surface area contributed by atoms with Gasteiger partial charge in [0.1, 0.15) is 5.82 Å². The molecule has 0 amide bonds. The number of benzene rings is 1. The van der Waals surface area contributed by atoms with Crippen molar-refractivity contribution in [2.75, 3.05) is 19.7 Å². The van der Waals surface area contributed by atoms with Crippen LogP contribution in [0.3, 0.4) is 0 Å². The maximum Gasteiger partial charge on any atom is 0.214 e. The van der Waals surface area contributed by atoms with Crippen LogP contribution >= 0.6 is 0 Å². The molecular formula is C17H23FN5O+. The van der Waals surface area contributed by atoms with E-state index >= 15 is 0 Å². The maximum atomic E-state index is 13.4. The van der Waals surface area contributed by atoms with E-state index in [4.69, 9.17) is 4.74 Å². The number of ether oxygens (including phenoxy) is 1. The highest BCUT2D eigenvalue weighted by atomic mass is 19.1. The number of likely N-dealkylation sites (tertiary alicyclic amines) is 1. The molecular weight excluding hydrogens is 309 g/mol. The zero-order valence-corrected chi connectivity index (χ0v) is 13.7. The lowest BCUT2D eigenvalue weighted by Gasteiger charge is -2.24. The SMILES string of the molecule is Fc1ccc([C@H](c2nnnn2C[C@@H]2CCCO2)[NH+]2CCCC2)cc1. The monoisotopic (exact) mass is 332 g/mol. The molecule has 0 radical (unpaired) electrons. The Bertz CT molecular complexity index is 662. The predicted molar refractivity (Wildman–Crippen MR) is 85.0 cm³/mol. The zero-order valence-electron chi connectivity index (χ0n) is 13.7. The average Bonchev–Trinajstić information content (AvgIpc) is 3.34. The van der Waals surface area contributed by atoms with Gasteiger partial charge in [0.15, 0.2) is 6.04 Å². The molecule has 4 rings (SSSR count). The summed E-state index contributed by atoms with van der Waals surface area (Å²) in [6.07, 6.45) is 4.76. The molecule has 0 unspecified atom stereocenters. The molecule has 0 saturated carbocycles. The third-order valence-electron chi connectivity index (χ3n) is 5.08. The van der Waals surface area contributed by atoms with E-state index in [9.17, 15) is 4.39 Å². The van der Waals surface area contributed by atoms with Gasteiger partial charge in [-0.05, 0) is 47.5 Å². The fraction of sp³-hybridized carbons (Fsp3) is 0.588. The van der Waals surface area contributed by atoms with Crippen LogP contribution in [0.5, 0.6) is 0 Å². The van der Waals surface area contributed by atoms with Gasteiger partial charge in [-0.25, -0.2) is 9.07 Å². The van der Waals surface area contributed by atoms with E-state index in [0.29, 0.717) is 6.54 Å². The van der Waals surface area contributed by atoms with E-state index in [1.165, 1.54) is 29.9 Å². The third-order valence-corrected chi connectivity index (χ3v) is 5.08. The van der Waals surface area contributed by atoms with Gasteiger partial charge < -0.3 is 9.64 Å². The van der Waals surface area contributed by atoms with Crippen LogP contribution in [0.2, 0.25) is 0 Å². The van der Waals surface area contributed by atoms with Crippen LogP contribution in [0.1, 0.15) is 43.1 Å². The number of nitrogens with one attached hydrogen (secondary N) is 1. The third kappa shape index (κ3) is 3.18. The van der Waals surface area contributed by atoms with Crippen LogP contribution in [0.15, 0.2) is 24.3 Å². The van der Waals surface area contributed by atoms with Gasteiger partial charge >= 0.3 is 0 Å². The summed E-state index contributed by atoms with van der Waals surface area (Å²) in [5, 5.41) is 12.5. The highest BCUT2D eigenvalue weighted by molar-refractivity contribution is 5.23. The quantitative estimate of drug-likeness (QED) is 0.878. The van der Waals surface area contributed by atoms with Crippen LogP contribution < -0.4 is 4.90 Å². The largest absolute Gasteiger partial charge is 0.376 e. The maximum absolute atomic E-state index is 13.4. The number of hydrogen-bond acceptors (Lipinski definition) is 4. The van der Waals surface area contributed by atoms with Gasteiger partial charge in [-0.15, -0.1) is 5.10 Å². The Kier molecular flexibility index (Phi) is 4.53. The van der Waals surface area contributed by atoms with Crippen molar-refractivity contribution in [2.24, 2.45) is 0 Å². The molecule has 2 atom stereocenters. The van der Waals surface area contributed by atoms with Crippen LogP contribution in [0.25, 0.3) is 0 Å². The summed E-state index contributed by atoms with van der Waals surface area (Å²) < 4.78 is 21.0. The van der Waals surface area contributed by atoms with Crippen molar-refractivity contribution in [3.8, 4) is 0 Å². The van der Waals surface area contributed by atoms with Crippen molar-refractivity contribution in [3.05, 3.63) is 41.5 Å². The minimum atomic E-state index is -0.215. The molecule has 2 aromatic rings. The van der Waals surface area contributed by atoms with Crippen molar-refractivity contribution in [3.63, 3.8) is 0 Å². The Hall–Kier alpha value is -1.86. The second-order valence-electron chi connectivity index (χ2n) is 6.70. The Labute approximate surface area is 140 Å². The average molecular weight is 332 g/mol. The molecule has 24 heavy (non-hydrogen) atoms. The number of hydrogen-bond donors (Lipinski definition) is 1. The number of quaternary nitrogens is 1. The van der Waals surface area contributed by atoms with Gasteiger partial charge in [-0.3, -0.25) is 0 Å². The summed E-state index contributed by atoms with van der Waals surface area (Å²) in [5.74, 6) is 0.641. The first-order valence-electron chi connectivity index (χ1n) is 8.79. The summed E-state index contributed by atoms with van der Waals surface area (Å²) in [7, 11) is 0. The first-order chi connectivity index (χ1) is 11.8. The molecule has 128 valence electrons. The molecule has 0 spiro atoms. The summed E-state index contributed by atoms with van der Waals surface area (Å²) in [6, 6.07) is 6.80. The highest BCUT2D eigenvalue weighted by Crippen LogP contribution is 2.21. The van der Waals surface area contributed by atoms with Gasteiger partial charge in [-0.2, -0.15) is 0 Å². The van der Waals surface area contributed by atoms with E-state index in [0.717, 1.165) is 43.9 Å². The molecule has 2 fully saturated rings. The summed E-state index contributed by atoms with van der Waals surface area (Å²) in [5.41, 5.74) is 1.07. The van der Waals surface area contributed by atoms with Gasteiger partial charge in [-0.1, -0.05) is 0 Å². The van der Waals surface area contributed by atoms with E-state index in [1.807, 2.05) is 16.8 Å². The van der Waals surface area contributed by atoms with Crippen LogP contribution in [-0.2, 0) is 11.3 Å². The lowest BCUT2D eigenvalue weighted by Crippen LogP contribution is -3.10. The van der Waals surface area contributed by atoms with E-state index in [-0.39, 0.29) is 18.0 Å². The predicted octanol–water partition coefficient (Wildman–Crippen LogP) is 0.759. The van der Waals surface area contributed by atoms with E-state index in [2.05, 4.69) is 15.5 Å². The number of aromatic nitrogens is 4. The van der Waals surface area contributed by atoms with Gasteiger partial charge in [0.25, 0.3) is 0 Å². The molecule has 7 heteroatoms. The molecule has 0 aliphatic carbocycles. The lowest BCUT2D eigenvalue weighted by molar-refractivity contribution is -0.914. The number of nitrogens with zero attached hydrogens (tertiary/aromatic N) is 4. The second-order valence-corrected chi connectivity index (χ2v) is 6.70. The van der Waals surface area contributed by atoms with Crippen molar-refractivity contribution in [1.82, 2.24) is 20.2 Å². The first kappa shape index (κ1) is 15.7. The Morgan fingerprint density at radius 3 is 2.71 bits per heavy atom. The smallest absolute Gasteiger partial charge is 0.214 e. The van der Waals surface area contributed by atoms with Crippen LogP contribution in [0.4, 0.5) is 4.39 Å². The van der Waals surface area contributed by atoms with E-state index < -0.39 is 0 Å². The molecule has 2 saturated heterocycles. The minimum absolute atomic E-state index is 0.0458. The minimum Gasteiger partial charge on any atom is -0.376 e. The summed E-state index contributed by atoms with van der Waals surface area (Å²) >= 11 is 0. The standard InChI is InChI=1S/C17H22FN5O/c18-14-7-5-13(6-8-14)16(22-9-1-2-10-22)17-19-20-21-23(17)12-15-4-3-11-24-15/h5-8,15-16H,1-4,9-12H2/p+1/t15-,16+/m0/s1. The fourth-order valence-corrected chi connectivity index (χ4v) is 3.87. The van der Waals surface area contributed by atoms with Gasteiger partial charge in [0.2, 0.25) is 5.82 Å². The van der Waals surface area contributed by atoms with Gasteiger partial charge in [0, 0.05) is 25.0 Å². The normalized spacial score (nSPS) is 23.0. The lowest BCUT2D eigenvalue weighted by atomic mass is 10.0. The second kappa shape index (κ2) is 6.94. The molecule has 1 aromatic heterocycles. The number of halogens is 1. The number of rotatable bonds is 5. The first-order valence-corrected chi connectivity index (χ1v) is 8.79. The molecule has 3 heterocycles.